The van der Waals surface area contributed by atoms with Gasteiger partial charge in [-0.1, -0.05) is 37.5 Å². The summed E-state index contributed by atoms with van der Waals surface area (Å²) >= 11 is 0. The molecule has 0 aromatic rings. The SMILES string of the molecule is CN1C(=O)N(CC(=O)C2=C(N)CC=CC=C2)C(=O)C1(C)C1CCCCC1. The molecule has 0 radical (unpaired) electrons. The van der Waals surface area contributed by atoms with Gasteiger partial charge in [0, 0.05) is 24.7 Å². The maximum absolute atomic E-state index is 13.1. The van der Waals surface area contributed by atoms with E-state index >= 15 is 0 Å². The predicted molar refractivity (Wildman–Crippen MR) is 99.0 cm³/mol. The Hall–Kier alpha value is -2.37. The first-order chi connectivity index (χ1) is 12.4. The highest BCUT2D eigenvalue weighted by molar-refractivity contribution is 6.11. The Kier molecular flexibility index (Phi) is 5.03. The van der Waals surface area contributed by atoms with Crippen LogP contribution in [0.1, 0.15) is 45.4 Å². The second-order valence-electron chi connectivity index (χ2n) is 7.57. The molecule has 0 bridgehead atoms. The summed E-state index contributed by atoms with van der Waals surface area (Å²) in [5.41, 5.74) is 5.96. The largest absolute Gasteiger partial charge is 0.401 e. The average molecular weight is 357 g/mol. The van der Waals surface area contributed by atoms with Crippen LogP contribution in [0.4, 0.5) is 4.79 Å². The van der Waals surface area contributed by atoms with E-state index in [9.17, 15) is 14.4 Å². The van der Waals surface area contributed by atoms with Gasteiger partial charge in [-0.15, -0.1) is 0 Å². The van der Waals surface area contributed by atoms with Crippen molar-refractivity contribution in [2.45, 2.75) is 51.0 Å². The quantitative estimate of drug-likeness (QED) is 0.784. The van der Waals surface area contributed by atoms with Crippen LogP contribution in [0.15, 0.2) is 35.6 Å². The Bertz CT molecular complexity index is 716. The normalized spacial score (nSPS) is 27.5. The summed E-state index contributed by atoms with van der Waals surface area (Å²) < 4.78 is 0. The van der Waals surface area contributed by atoms with Crippen molar-refractivity contribution in [2.75, 3.05) is 13.6 Å². The third kappa shape index (κ3) is 2.97. The van der Waals surface area contributed by atoms with Gasteiger partial charge in [0.15, 0.2) is 5.78 Å². The number of amides is 3. The first-order valence-electron chi connectivity index (χ1n) is 9.32. The third-order valence-corrected chi connectivity index (χ3v) is 6.09. The standard InChI is InChI=1S/C20H27N3O3/c1-20(14-9-5-3-6-10-14)18(25)23(19(26)22(20)2)13-17(24)15-11-7-4-8-12-16(15)21/h4,7-8,11,14H,3,5-6,9-10,12-13,21H2,1-2H3. The van der Waals surface area contributed by atoms with E-state index in [1.165, 1.54) is 11.3 Å². The molecule has 2 fully saturated rings. The van der Waals surface area contributed by atoms with Crippen molar-refractivity contribution in [3.05, 3.63) is 35.6 Å². The number of imide groups is 1. The molecule has 0 aromatic carbocycles. The Labute approximate surface area is 154 Å². The number of urea groups is 1. The van der Waals surface area contributed by atoms with Crippen molar-refractivity contribution in [1.82, 2.24) is 9.80 Å². The third-order valence-electron chi connectivity index (χ3n) is 6.09. The summed E-state index contributed by atoms with van der Waals surface area (Å²) in [5, 5.41) is 0. The summed E-state index contributed by atoms with van der Waals surface area (Å²) in [6.45, 7) is 1.58. The molecule has 3 aliphatic rings. The molecule has 3 amide bonds. The highest BCUT2D eigenvalue weighted by Gasteiger charge is 2.56. The highest BCUT2D eigenvalue weighted by atomic mass is 16.2. The maximum atomic E-state index is 13.1. The zero-order valence-corrected chi connectivity index (χ0v) is 15.5. The van der Waals surface area contributed by atoms with E-state index in [1.807, 2.05) is 19.1 Å². The Balaban J connectivity index is 1.81. The molecular formula is C20H27N3O3. The summed E-state index contributed by atoms with van der Waals surface area (Å²) in [6.07, 6.45) is 12.8. The van der Waals surface area contributed by atoms with Crippen LogP contribution >= 0.6 is 0 Å². The van der Waals surface area contributed by atoms with Crippen molar-refractivity contribution >= 4 is 17.7 Å². The summed E-state index contributed by atoms with van der Waals surface area (Å²) in [5.74, 6) is -0.422. The first kappa shape index (κ1) is 18.4. The molecule has 2 N–H and O–H groups in total. The molecule has 26 heavy (non-hydrogen) atoms. The smallest absolute Gasteiger partial charge is 0.327 e. The maximum Gasteiger partial charge on any atom is 0.327 e. The topological polar surface area (TPSA) is 83.7 Å². The lowest BCUT2D eigenvalue weighted by Crippen LogP contribution is -2.52. The monoisotopic (exact) mass is 357 g/mol. The zero-order valence-electron chi connectivity index (χ0n) is 15.5. The van der Waals surface area contributed by atoms with Crippen molar-refractivity contribution in [3.63, 3.8) is 0 Å². The number of likely N-dealkylation sites (N-methyl/N-ethyl adjacent to an activating group) is 1. The number of hydrogen-bond donors (Lipinski definition) is 1. The molecule has 1 saturated carbocycles. The number of Topliss-reactive ketones (excluding diaryl/α,β-unsaturated/α-hetero) is 1. The lowest BCUT2D eigenvalue weighted by atomic mass is 9.75. The Morgan fingerprint density at radius 3 is 2.62 bits per heavy atom. The lowest BCUT2D eigenvalue weighted by molar-refractivity contribution is -0.137. The fourth-order valence-corrected chi connectivity index (χ4v) is 4.28. The molecule has 0 spiro atoms. The van der Waals surface area contributed by atoms with Gasteiger partial charge < -0.3 is 10.6 Å². The molecular weight excluding hydrogens is 330 g/mol. The van der Waals surface area contributed by atoms with E-state index in [0.717, 1.165) is 30.6 Å². The minimum atomic E-state index is -0.863. The fourth-order valence-electron chi connectivity index (χ4n) is 4.28. The first-order valence-corrected chi connectivity index (χ1v) is 9.32. The number of nitrogens with two attached hydrogens (primary N) is 1. The second kappa shape index (κ2) is 7.09. The molecule has 140 valence electrons. The number of carbonyl (C=O) groups is 3. The van der Waals surface area contributed by atoms with Gasteiger partial charge >= 0.3 is 6.03 Å². The van der Waals surface area contributed by atoms with Gasteiger partial charge in [-0.3, -0.25) is 14.5 Å². The van der Waals surface area contributed by atoms with Crippen LogP contribution in [0.3, 0.4) is 0 Å². The zero-order chi connectivity index (χ0) is 18.9. The fraction of sp³-hybridized carbons (Fsp3) is 0.550. The second-order valence-corrected chi connectivity index (χ2v) is 7.57. The van der Waals surface area contributed by atoms with E-state index in [-0.39, 0.29) is 24.2 Å². The minimum absolute atomic E-state index is 0.143. The molecule has 3 rings (SSSR count). The van der Waals surface area contributed by atoms with E-state index < -0.39 is 11.6 Å². The minimum Gasteiger partial charge on any atom is -0.401 e. The van der Waals surface area contributed by atoms with E-state index in [4.69, 9.17) is 5.73 Å². The molecule has 1 unspecified atom stereocenters. The molecule has 0 aromatic heterocycles. The number of hydrogen-bond acceptors (Lipinski definition) is 4. The van der Waals surface area contributed by atoms with Crippen LogP contribution in [-0.4, -0.2) is 46.7 Å². The molecule has 1 saturated heterocycles. The van der Waals surface area contributed by atoms with Crippen molar-refractivity contribution in [1.29, 1.82) is 0 Å². The molecule has 6 nitrogen and oxygen atoms in total. The molecule has 1 atom stereocenters. The number of allylic oxidation sites excluding steroid dienone is 4. The van der Waals surface area contributed by atoms with Crippen molar-refractivity contribution in [3.8, 4) is 0 Å². The Morgan fingerprint density at radius 1 is 1.23 bits per heavy atom. The summed E-state index contributed by atoms with van der Waals surface area (Å²) in [7, 11) is 1.67. The summed E-state index contributed by atoms with van der Waals surface area (Å²) in [4.78, 5) is 41.2. The van der Waals surface area contributed by atoms with Crippen molar-refractivity contribution < 1.29 is 14.4 Å². The lowest BCUT2D eigenvalue weighted by Gasteiger charge is -2.38. The Morgan fingerprint density at radius 2 is 1.92 bits per heavy atom. The number of nitrogens with zero attached hydrogens (tertiary/aromatic N) is 2. The van der Waals surface area contributed by atoms with Gasteiger partial charge in [0.25, 0.3) is 5.91 Å². The molecule has 6 heteroatoms. The van der Waals surface area contributed by atoms with Gasteiger partial charge in [-0.2, -0.15) is 0 Å². The number of ketones is 1. The van der Waals surface area contributed by atoms with Gasteiger partial charge in [0.2, 0.25) is 0 Å². The van der Waals surface area contributed by atoms with Crippen LogP contribution in [0.5, 0.6) is 0 Å². The predicted octanol–water partition coefficient (Wildman–Crippen LogP) is 2.52. The van der Waals surface area contributed by atoms with Gasteiger partial charge in [-0.05, 0) is 31.8 Å². The van der Waals surface area contributed by atoms with Crippen molar-refractivity contribution in [2.24, 2.45) is 11.7 Å². The number of carbonyl (C=O) groups excluding carboxylic acids is 3. The van der Waals surface area contributed by atoms with Crippen LogP contribution in [0.25, 0.3) is 0 Å². The van der Waals surface area contributed by atoms with Crippen LogP contribution in [-0.2, 0) is 9.59 Å². The number of rotatable bonds is 4. The average Bonchev–Trinajstić information content (AvgIpc) is 2.82. The van der Waals surface area contributed by atoms with Crippen LogP contribution in [0.2, 0.25) is 0 Å². The van der Waals surface area contributed by atoms with E-state index in [1.54, 1.807) is 19.2 Å². The molecule has 1 heterocycles. The summed E-state index contributed by atoms with van der Waals surface area (Å²) in [6, 6.07) is -0.397. The van der Waals surface area contributed by atoms with Crippen LogP contribution in [0, 0.1) is 5.92 Å². The van der Waals surface area contributed by atoms with Gasteiger partial charge in [0.05, 0.1) is 6.54 Å². The highest BCUT2D eigenvalue weighted by Crippen LogP contribution is 2.41. The van der Waals surface area contributed by atoms with E-state index in [0.29, 0.717) is 17.7 Å². The van der Waals surface area contributed by atoms with Gasteiger partial charge in [0.1, 0.15) is 5.54 Å². The molecule has 2 aliphatic carbocycles. The molecule has 1 aliphatic heterocycles. The van der Waals surface area contributed by atoms with E-state index in [2.05, 4.69) is 0 Å². The van der Waals surface area contributed by atoms with Gasteiger partial charge in [-0.25, -0.2) is 4.79 Å². The van der Waals surface area contributed by atoms with Crippen LogP contribution < -0.4 is 5.73 Å².